The molecule has 5 nitrogen and oxygen atoms in total. The van der Waals surface area contributed by atoms with E-state index in [9.17, 15) is 9.18 Å². The van der Waals surface area contributed by atoms with E-state index in [1.54, 1.807) is 27.9 Å². The summed E-state index contributed by atoms with van der Waals surface area (Å²) in [7, 11) is 1.88. The number of hydrogen-bond acceptors (Lipinski definition) is 3. The van der Waals surface area contributed by atoms with Crippen LogP contribution < -0.4 is 0 Å². The van der Waals surface area contributed by atoms with Crippen LogP contribution in [-0.2, 0) is 18.4 Å². The van der Waals surface area contributed by atoms with Crippen LogP contribution in [0.5, 0.6) is 0 Å². The number of likely N-dealkylation sites (tertiary alicyclic amines) is 1. The van der Waals surface area contributed by atoms with Gasteiger partial charge in [-0.15, -0.1) is 6.58 Å². The second kappa shape index (κ2) is 8.45. The Morgan fingerprint density at radius 1 is 1.23 bits per heavy atom. The number of benzene rings is 2. The average molecular weight is 402 g/mol. The van der Waals surface area contributed by atoms with Gasteiger partial charge in [-0.05, 0) is 29.7 Å². The third-order valence-electron chi connectivity index (χ3n) is 5.16. The largest absolute Gasteiger partial charge is 0.333 e. The van der Waals surface area contributed by atoms with E-state index >= 15 is 0 Å². The van der Waals surface area contributed by atoms with Gasteiger partial charge in [-0.3, -0.25) is 14.5 Å². The summed E-state index contributed by atoms with van der Waals surface area (Å²) in [5, 5.41) is 5.46. The van der Waals surface area contributed by atoms with Crippen LogP contribution >= 0.6 is 0 Å². The molecule has 0 unspecified atom stereocenters. The molecular formula is C24H23FN4O. The summed E-state index contributed by atoms with van der Waals surface area (Å²) in [4.78, 5) is 18.4. The minimum absolute atomic E-state index is 0.137. The molecule has 0 saturated carbocycles. The predicted molar refractivity (Wildman–Crippen MR) is 118 cm³/mol. The Bertz CT molecular complexity index is 1180. The fourth-order valence-corrected chi connectivity index (χ4v) is 3.58. The number of carbonyl (C=O) groups is 1. The Morgan fingerprint density at radius 2 is 2.03 bits per heavy atom. The lowest BCUT2D eigenvalue weighted by molar-refractivity contribution is -0.123. The summed E-state index contributed by atoms with van der Waals surface area (Å²) < 4.78 is 16.6. The lowest BCUT2D eigenvalue weighted by atomic mass is 10.0. The van der Waals surface area contributed by atoms with E-state index in [1.807, 2.05) is 43.6 Å². The Labute approximate surface area is 174 Å². The van der Waals surface area contributed by atoms with Gasteiger partial charge in [0, 0.05) is 49.9 Å². The molecule has 2 heterocycles. The van der Waals surface area contributed by atoms with Crippen LogP contribution in [0.1, 0.15) is 18.4 Å². The molecule has 0 radical (unpaired) electrons. The molecule has 3 aromatic rings. The number of fused-ring (bicyclic) bond motifs is 1. The van der Waals surface area contributed by atoms with Crippen molar-refractivity contribution in [1.82, 2.24) is 14.7 Å². The molecule has 0 N–H and O–H groups in total. The van der Waals surface area contributed by atoms with Crippen molar-refractivity contribution in [3.8, 4) is 11.1 Å². The van der Waals surface area contributed by atoms with E-state index in [0.29, 0.717) is 30.7 Å². The van der Waals surface area contributed by atoms with Gasteiger partial charge < -0.3 is 4.90 Å². The quantitative estimate of drug-likeness (QED) is 0.564. The summed E-state index contributed by atoms with van der Waals surface area (Å²) >= 11 is 0. The topological polar surface area (TPSA) is 50.5 Å². The van der Waals surface area contributed by atoms with Gasteiger partial charge in [-0.2, -0.15) is 5.10 Å². The van der Waals surface area contributed by atoms with Gasteiger partial charge in [0.05, 0.1) is 5.52 Å². The zero-order chi connectivity index (χ0) is 21.1. The number of halogens is 1. The van der Waals surface area contributed by atoms with Crippen molar-refractivity contribution in [2.45, 2.75) is 19.4 Å². The molecular weight excluding hydrogens is 379 g/mol. The first kappa shape index (κ1) is 19.8. The summed E-state index contributed by atoms with van der Waals surface area (Å²) in [5.41, 5.74) is 3.57. The molecule has 1 aliphatic heterocycles. The first-order chi connectivity index (χ1) is 14.5. The van der Waals surface area contributed by atoms with Crippen LogP contribution in [0.15, 0.2) is 72.5 Å². The predicted octanol–water partition coefficient (Wildman–Crippen LogP) is 4.64. The lowest BCUT2D eigenvalue weighted by Crippen LogP contribution is -2.27. The van der Waals surface area contributed by atoms with Gasteiger partial charge in [-0.1, -0.05) is 36.4 Å². The van der Waals surface area contributed by atoms with Crippen LogP contribution in [0, 0.1) is 5.82 Å². The number of aliphatic imine (C=N–C) groups is 1. The van der Waals surface area contributed by atoms with Crippen molar-refractivity contribution < 1.29 is 9.18 Å². The second-order valence-corrected chi connectivity index (χ2v) is 7.34. The highest BCUT2D eigenvalue weighted by Crippen LogP contribution is 2.26. The molecule has 30 heavy (non-hydrogen) atoms. The number of aromatic nitrogens is 2. The first-order valence-electron chi connectivity index (χ1n) is 9.89. The molecule has 0 spiro atoms. The van der Waals surface area contributed by atoms with E-state index in [0.717, 1.165) is 22.0 Å². The highest BCUT2D eigenvalue weighted by atomic mass is 19.1. The van der Waals surface area contributed by atoms with E-state index < -0.39 is 0 Å². The average Bonchev–Trinajstić information content (AvgIpc) is 3.28. The molecule has 2 aromatic carbocycles. The van der Waals surface area contributed by atoms with E-state index in [-0.39, 0.29) is 18.3 Å². The normalized spacial score (nSPS) is 15.7. The molecule has 1 saturated heterocycles. The Balaban J connectivity index is 1.49. The fourth-order valence-electron chi connectivity index (χ4n) is 3.58. The van der Waals surface area contributed by atoms with Crippen LogP contribution in [-0.4, -0.2) is 32.8 Å². The maximum absolute atomic E-state index is 14.8. The molecule has 1 fully saturated rings. The van der Waals surface area contributed by atoms with Crippen LogP contribution in [0.3, 0.4) is 0 Å². The Morgan fingerprint density at radius 3 is 2.83 bits per heavy atom. The van der Waals surface area contributed by atoms with Gasteiger partial charge in [0.2, 0.25) is 0 Å². The van der Waals surface area contributed by atoms with E-state index in [1.165, 1.54) is 6.07 Å². The number of allylic oxidation sites excluding steroid dienone is 2. The number of rotatable bonds is 6. The van der Waals surface area contributed by atoms with Gasteiger partial charge in [0.15, 0.2) is 0 Å². The molecule has 1 aromatic heterocycles. The number of nitrogens with zero attached hydrogens (tertiary/aromatic N) is 4. The number of carbonyl (C=O) groups excluding carboxylic acids is 1. The zero-order valence-electron chi connectivity index (χ0n) is 16.9. The first-order valence-corrected chi connectivity index (χ1v) is 9.89. The van der Waals surface area contributed by atoms with Gasteiger partial charge in [0.1, 0.15) is 11.5 Å². The highest BCUT2D eigenvalue weighted by molar-refractivity contribution is 6.40. The highest BCUT2D eigenvalue weighted by Gasteiger charge is 2.27. The monoisotopic (exact) mass is 402 g/mol. The molecule has 0 aliphatic carbocycles. The van der Waals surface area contributed by atoms with E-state index in [2.05, 4.69) is 16.7 Å². The van der Waals surface area contributed by atoms with Gasteiger partial charge >= 0.3 is 0 Å². The molecule has 0 atom stereocenters. The molecule has 152 valence electrons. The smallest absolute Gasteiger partial charge is 0.268 e. The Kier molecular flexibility index (Phi) is 5.57. The standard InChI is InChI=1S/C24H23FN4O/c1-3-4-5-11-26-22-10-12-29(24(22)30)16-19-8-6-17(13-21(19)25)18-7-9-20-15-28(2)27-23(20)14-18/h3,5-9,11,13-15H,1,4,10,12,16H2,2H3/b11-5-,26-22+. The fraction of sp³-hybridized carbons (Fsp3) is 0.208. The maximum atomic E-state index is 14.8. The zero-order valence-corrected chi connectivity index (χ0v) is 16.9. The van der Waals surface area contributed by atoms with Crippen molar-refractivity contribution in [2.75, 3.05) is 6.54 Å². The number of aryl methyl sites for hydroxylation is 1. The van der Waals surface area contributed by atoms with Gasteiger partial charge in [-0.25, -0.2) is 4.39 Å². The molecule has 0 bridgehead atoms. The third-order valence-corrected chi connectivity index (χ3v) is 5.16. The second-order valence-electron chi connectivity index (χ2n) is 7.34. The minimum Gasteiger partial charge on any atom is -0.333 e. The van der Waals surface area contributed by atoms with Crippen LogP contribution in [0.25, 0.3) is 22.0 Å². The summed E-state index contributed by atoms with van der Waals surface area (Å²) in [5.74, 6) is -0.458. The van der Waals surface area contributed by atoms with Crippen molar-refractivity contribution >= 4 is 22.5 Å². The van der Waals surface area contributed by atoms with E-state index in [4.69, 9.17) is 0 Å². The van der Waals surface area contributed by atoms with Crippen molar-refractivity contribution in [2.24, 2.45) is 12.0 Å². The van der Waals surface area contributed by atoms with Crippen molar-refractivity contribution in [3.63, 3.8) is 0 Å². The third kappa shape index (κ3) is 4.08. The SMILES string of the molecule is C=CC/C=C\N=C1/CCN(Cc2ccc(-c3ccc4cn(C)nc4c3)cc2F)C1=O. The molecule has 6 heteroatoms. The molecule has 1 amide bonds. The van der Waals surface area contributed by atoms with Gasteiger partial charge in [0.25, 0.3) is 5.91 Å². The van der Waals surface area contributed by atoms with Crippen LogP contribution in [0.2, 0.25) is 0 Å². The molecule has 1 aliphatic rings. The van der Waals surface area contributed by atoms with Crippen molar-refractivity contribution in [1.29, 1.82) is 0 Å². The lowest BCUT2D eigenvalue weighted by Gasteiger charge is -2.16. The Hall–Kier alpha value is -3.54. The maximum Gasteiger partial charge on any atom is 0.268 e. The summed E-state index contributed by atoms with van der Waals surface area (Å²) in [6.07, 6.45) is 8.46. The minimum atomic E-state index is -0.322. The molecule has 4 rings (SSSR count). The van der Waals surface area contributed by atoms with Crippen molar-refractivity contribution in [3.05, 3.63) is 78.9 Å². The summed E-state index contributed by atoms with van der Waals surface area (Å²) in [6, 6.07) is 11.1. The van der Waals surface area contributed by atoms with Crippen LogP contribution in [0.4, 0.5) is 4.39 Å². The number of amides is 1. The number of hydrogen-bond donors (Lipinski definition) is 0. The summed E-state index contributed by atoms with van der Waals surface area (Å²) in [6.45, 7) is 4.42.